The number of hydrogen-bond donors (Lipinski definition) is 1. The van der Waals surface area contributed by atoms with Crippen LogP contribution in [0.3, 0.4) is 0 Å². The first-order valence-corrected chi connectivity index (χ1v) is 7.24. The summed E-state index contributed by atoms with van der Waals surface area (Å²) < 4.78 is 3.56. The Morgan fingerprint density at radius 1 is 1.29 bits per heavy atom. The second-order valence-corrected chi connectivity index (χ2v) is 5.32. The normalized spacial score (nSPS) is 13.8. The molecule has 21 heavy (non-hydrogen) atoms. The van der Waals surface area contributed by atoms with Crippen LogP contribution < -0.4 is 5.69 Å². The number of aliphatic hydroxyl groups is 1. The Labute approximate surface area is 123 Å². The monoisotopic (exact) mass is 282 g/mol. The quantitative estimate of drug-likeness (QED) is 0.869. The van der Waals surface area contributed by atoms with Gasteiger partial charge < -0.3 is 5.11 Å². The maximum absolute atomic E-state index is 12.2. The third kappa shape index (κ3) is 3.26. The summed E-state index contributed by atoms with van der Waals surface area (Å²) in [5.74, 6) is 5.93. The van der Waals surface area contributed by atoms with E-state index in [-0.39, 0.29) is 12.3 Å². The van der Waals surface area contributed by atoms with Crippen LogP contribution in [0.4, 0.5) is 0 Å². The molecule has 2 aromatic rings. The van der Waals surface area contributed by atoms with Crippen LogP contribution in [0.25, 0.3) is 0 Å². The fourth-order valence-corrected chi connectivity index (χ4v) is 2.34. The van der Waals surface area contributed by atoms with E-state index in [0.717, 1.165) is 24.0 Å². The average Bonchev–Trinajstić information content (AvgIpc) is 3.26. The van der Waals surface area contributed by atoms with E-state index >= 15 is 0 Å². The van der Waals surface area contributed by atoms with Crippen molar-refractivity contribution in [3.63, 3.8) is 0 Å². The van der Waals surface area contributed by atoms with Crippen LogP contribution in [-0.4, -0.2) is 20.8 Å². The van der Waals surface area contributed by atoms with Gasteiger partial charge in [0, 0.05) is 30.4 Å². The molecular formula is C17H18N2O2. The summed E-state index contributed by atoms with van der Waals surface area (Å²) in [6.45, 7) is 0.644. The van der Waals surface area contributed by atoms with Gasteiger partial charge in [-0.15, -0.1) is 0 Å². The van der Waals surface area contributed by atoms with Gasteiger partial charge in [0.25, 0.3) is 0 Å². The fraction of sp³-hybridized carbons (Fsp3) is 0.353. The molecule has 0 aliphatic heterocycles. The van der Waals surface area contributed by atoms with Crippen LogP contribution in [-0.2, 0) is 6.54 Å². The zero-order chi connectivity index (χ0) is 14.7. The van der Waals surface area contributed by atoms with Gasteiger partial charge in [0.2, 0.25) is 0 Å². The smallest absolute Gasteiger partial charge is 0.328 e. The Morgan fingerprint density at radius 3 is 2.90 bits per heavy atom. The Balaban J connectivity index is 1.77. The summed E-state index contributed by atoms with van der Waals surface area (Å²) in [7, 11) is 0. The number of aromatic nitrogens is 2. The van der Waals surface area contributed by atoms with Crippen LogP contribution in [0.5, 0.6) is 0 Å². The van der Waals surface area contributed by atoms with Gasteiger partial charge in [-0.05, 0) is 30.5 Å². The second kappa shape index (κ2) is 6.02. The molecule has 0 atom stereocenters. The summed E-state index contributed by atoms with van der Waals surface area (Å²) in [5.41, 5.74) is 2.03. The molecular weight excluding hydrogens is 264 g/mol. The Hall–Kier alpha value is -2.25. The second-order valence-electron chi connectivity index (χ2n) is 5.32. The summed E-state index contributed by atoms with van der Waals surface area (Å²) in [5, 5.41) is 8.73. The van der Waals surface area contributed by atoms with Crippen LogP contribution >= 0.6 is 0 Å². The van der Waals surface area contributed by atoms with Crippen molar-refractivity contribution < 1.29 is 5.11 Å². The Morgan fingerprint density at radius 2 is 2.14 bits per heavy atom. The third-order valence-corrected chi connectivity index (χ3v) is 3.56. The van der Waals surface area contributed by atoms with Gasteiger partial charge in [0.15, 0.2) is 0 Å². The van der Waals surface area contributed by atoms with E-state index in [2.05, 4.69) is 11.8 Å². The lowest BCUT2D eigenvalue weighted by atomic mass is 10.1. The van der Waals surface area contributed by atoms with Gasteiger partial charge >= 0.3 is 5.69 Å². The maximum atomic E-state index is 12.2. The highest BCUT2D eigenvalue weighted by atomic mass is 16.2. The van der Waals surface area contributed by atoms with E-state index in [0.29, 0.717) is 19.0 Å². The molecule has 1 aromatic heterocycles. The molecule has 0 bridgehead atoms. The van der Waals surface area contributed by atoms with Crippen molar-refractivity contribution >= 4 is 0 Å². The molecule has 0 saturated heterocycles. The highest BCUT2D eigenvalue weighted by molar-refractivity contribution is 5.37. The van der Waals surface area contributed by atoms with Gasteiger partial charge in [-0.3, -0.25) is 9.13 Å². The summed E-state index contributed by atoms with van der Waals surface area (Å²) in [6, 6.07) is 8.28. The lowest BCUT2D eigenvalue weighted by molar-refractivity contribution is 0.305. The van der Waals surface area contributed by atoms with Crippen molar-refractivity contribution in [3.8, 4) is 11.8 Å². The Kier molecular flexibility index (Phi) is 3.94. The van der Waals surface area contributed by atoms with Crippen molar-refractivity contribution in [2.75, 3.05) is 6.61 Å². The molecule has 1 fully saturated rings. The van der Waals surface area contributed by atoms with Crippen LogP contribution in [0.1, 0.15) is 36.4 Å². The molecule has 3 rings (SSSR count). The molecule has 1 saturated carbocycles. The highest BCUT2D eigenvalue weighted by Gasteiger charge is 2.25. The van der Waals surface area contributed by atoms with Gasteiger partial charge in [-0.25, -0.2) is 4.79 Å². The SMILES string of the molecule is O=c1n(Cc2cccc(C#CCCO)c2)ccn1C1CC1. The number of hydrogen-bond acceptors (Lipinski definition) is 2. The van der Waals surface area contributed by atoms with E-state index < -0.39 is 0 Å². The van der Waals surface area contributed by atoms with Crippen LogP contribution in [0.15, 0.2) is 41.5 Å². The van der Waals surface area contributed by atoms with E-state index in [1.807, 2.05) is 41.2 Å². The summed E-state index contributed by atoms with van der Waals surface area (Å²) in [6.07, 6.45) is 6.43. The topological polar surface area (TPSA) is 47.2 Å². The zero-order valence-electron chi connectivity index (χ0n) is 11.8. The lowest BCUT2D eigenvalue weighted by Gasteiger charge is -2.03. The molecule has 4 nitrogen and oxygen atoms in total. The first-order valence-electron chi connectivity index (χ1n) is 7.24. The number of nitrogens with zero attached hydrogens (tertiary/aromatic N) is 2. The van der Waals surface area contributed by atoms with E-state index in [1.165, 1.54) is 0 Å². The largest absolute Gasteiger partial charge is 0.395 e. The minimum Gasteiger partial charge on any atom is -0.395 e. The fourth-order valence-electron chi connectivity index (χ4n) is 2.34. The molecule has 0 amide bonds. The standard InChI is InChI=1S/C17H18N2O2/c20-11-2-1-4-14-5-3-6-15(12-14)13-18-9-10-19(17(18)21)16-7-8-16/h3,5-6,9-10,12,16,20H,2,7-8,11,13H2. The highest BCUT2D eigenvalue weighted by Crippen LogP contribution is 2.33. The molecule has 1 heterocycles. The molecule has 4 heteroatoms. The van der Waals surface area contributed by atoms with E-state index in [1.54, 1.807) is 4.57 Å². The lowest BCUT2D eigenvalue weighted by Crippen LogP contribution is -2.23. The first-order chi connectivity index (χ1) is 10.3. The molecule has 1 aliphatic rings. The maximum Gasteiger partial charge on any atom is 0.328 e. The number of benzene rings is 1. The molecule has 0 unspecified atom stereocenters. The number of rotatable bonds is 4. The molecule has 1 aromatic carbocycles. The van der Waals surface area contributed by atoms with Crippen LogP contribution in [0.2, 0.25) is 0 Å². The minimum atomic E-state index is 0.0641. The molecule has 108 valence electrons. The van der Waals surface area contributed by atoms with Crippen molar-refractivity contribution in [3.05, 3.63) is 58.3 Å². The molecule has 0 spiro atoms. The predicted molar refractivity (Wildman–Crippen MR) is 81.1 cm³/mol. The van der Waals surface area contributed by atoms with E-state index in [4.69, 9.17) is 5.11 Å². The first kappa shape index (κ1) is 13.7. The summed E-state index contributed by atoms with van der Waals surface area (Å²) in [4.78, 5) is 12.2. The Bertz CT molecular complexity index is 742. The molecule has 1 N–H and O–H groups in total. The van der Waals surface area contributed by atoms with Crippen molar-refractivity contribution in [1.82, 2.24) is 9.13 Å². The summed E-state index contributed by atoms with van der Waals surface area (Å²) >= 11 is 0. The molecule has 1 aliphatic carbocycles. The van der Waals surface area contributed by atoms with Gasteiger partial charge in [-0.2, -0.15) is 0 Å². The third-order valence-electron chi connectivity index (χ3n) is 3.56. The van der Waals surface area contributed by atoms with Crippen LogP contribution in [0, 0.1) is 11.8 Å². The van der Waals surface area contributed by atoms with Crippen molar-refractivity contribution in [1.29, 1.82) is 0 Å². The van der Waals surface area contributed by atoms with Gasteiger partial charge in [0.05, 0.1) is 13.2 Å². The average molecular weight is 282 g/mol. The number of aliphatic hydroxyl groups excluding tert-OH is 1. The van der Waals surface area contributed by atoms with E-state index in [9.17, 15) is 4.79 Å². The minimum absolute atomic E-state index is 0.0641. The van der Waals surface area contributed by atoms with Crippen molar-refractivity contribution in [2.24, 2.45) is 0 Å². The number of imidazole rings is 1. The van der Waals surface area contributed by atoms with Gasteiger partial charge in [0.1, 0.15) is 0 Å². The molecule has 0 radical (unpaired) electrons. The van der Waals surface area contributed by atoms with Gasteiger partial charge in [-0.1, -0.05) is 24.0 Å². The van der Waals surface area contributed by atoms with Crippen molar-refractivity contribution in [2.45, 2.75) is 31.8 Å². The predicted octanol–water partition coefficient (Wildman–Crippen LogP) is 1.77. The zero-order valence-corrected chi connectivity index (χ0v) is 11.8.